The zero-order valence-electron chi connectivity index (χ0n) is 13.1. The Morgan fingerprint density at radius 3 is 1.52 bits per heavy atom. The van der Waals surface area contributed by atoms with Crippen LogP contribution in [0.4, 0.5) is 0 Å². The second-order valence-electron chi connectivity index (χ2n) is 4.84. The van der Waals surface area contributed by atoms with Crippen molar-refractivity contribution in [1.82, 2.24) is 0 Å². The topological polar surface area (TPSA) is 165 Å². The third-order valence-corrected chi connectivity index (χ3v) is 3.52. The van der Waals surface area contributed by atoms with Gasteiger partial charge in [-0.3, -0.25) is 0 Å². The lowest BCUT2D eigenvalue weighted by Crippen LogP contribution is -2.16. The normalized spacial score (nSPS) is 10.2. The number of carbonyl (C=O) groups excluding carboxylic acids is 1. The van der Waals surface area contributed by atoms with Crippen LogP contribution in [0.2, 0.25) is 0 Å². The molecular weight excluding hydrogens is 383 g/mol. The zero-order chi connectivity index (χ0) is 20.1. The van der Waals surface area contributed by atoms with E-state index < -0.39 is 66.3 Å². The number of aromatic carboxylic acids is 3. The van der Waals surface area contributed by atoms with Gasteiger partial charge in [-0.1, -0.05) is 12.1 Å². The number of benzene rings is 2. The second kappa shape index (κ2) is 8.07. The van der Waals surface area contributed by atoms with Gasteiger partial charge in [-0.05, 0) is 24.3 Å². The highest BCUT2D eigenvalue weighted by atomic mass is 31.1. The molecule has 2 aromatic rings. The second-order valence-corrected chi connectivity index (χ2v) is 5.17. The van der Waals surface area contributed by atoms with Gasteiger partial charge < -0.3 is 24.6 Å². The molecule has 3 N–H and O–H groups in total. The summed E-state index contributed by atoms with van der Waals surface area (Å²) in [5.74, 6) is -7.21. The van der Waals surface area contributed by atoms with Crippen LogP contribution in [0.5, 0.6) is 11.5 Å². The fourth-order valence-corrected chi connectivity index (χ4v) is 2.40. The molecule has 138 valence electrons. The van der Waals surface area contributed by atoms with E-state index in [2.05, 4.69) is 4.52 Å². The first kappa shape index (κ1) is 19.5. The molecule has 0 spiro atoms. The van der Waals surface area contributed by atoms with Crippen molar-refractivity contribution in [3.05, 3.63) is 58.7 Å². The van der Waals surface area contributed by atoms with Crippen molar-refractivity contribution >= 4 is 32.6 Å². The van der Waals surface area contributed by atoms with E-state index in [1.807, 2.05) is 0 Å². The highest BCUT2D eigenvalue weighted by molar-refractivity contribution is 7.17. The van der Waals surface area contributed by atoms with Crippen LogP contribution in [0.3, 0.4) is 0 Å². The summed E-state index contributed by atoms with van der Waals surface area (Å²) in [5.41, 5.74) is -2.18. The van der Waals surface area contributed by atoms with E-state index in [1.165, 1.54) is 6.07 Å². The maximum Gasteiger partial charge on any atom is 0.395 e. The zero-order valence-corrected chi connectivity index (χ0v) is 14.0. The van der Waals surface area contributed by atoms with Crippen molar-refractivity contribution < 1.29 is 48.3 Å². The molecule has 10 nitrogen and oxygen atoms in total. The Morgan fingerprint density at radius 1 is 0.704 bits per heavy atom. The fourth-order valence-electron chi connectivity index (χ4n) is 2.13. The van der Waals surface area contributed by atoms with Crippen molar-refractivity contribution in [1.29, 1.82) is 0 Å². The molecule has 11 heteroatoms. The Morgan fingerprint density at radius 2 is 1.11 bits per heavy atom. The largest absolute Gasteiger partial charge is 0.478 e. The molecule has 0 aliphatic rings. The lowest BCUT2D eigenvalue weighted by atomic mass is 10.1. The van der Waals surface area contributed by atoms with Gasteiger partial charge in [0.15, 0.2) is 11.5 Å². The van der Waals surface area contributed by atoms with Crippen LogP contribution in [0, 0.1) is 0 Å². The summed E-state index contributed by atoms with van der Waals surface area (Å²) < 4.78 is 20.3. The molecule has 0 aromatic heterocycles. The number of para-hydroxylation sites is 2. The number of ether oxygens (including phenoxy) is 1. The van der Waals surface area contributed by atoms with Crippen LogP contribution in [0.15, 0.2) is 36.4 Å². The first-order valence-electron chi connectivity index (χ1n) is 6.95. The molecule has 0 bridgehead atoms. The van der Waals surface area contributed by atoms with Crippen molar-refractivity contribution in [3.8, 4) is 11.5 Å². The summed E-state index contributed by atoms with van der Waals surface area (Å²) in [6.45, 7) is 0. The minimum Gasteiger partial charge on any atom is -0.478 e. The minimum atomic E-state index is -1.55. The molecule has 0 aliphatic carbocycles. The number of rotatable bonds is 7. The van der Waals surface area contributed by atoms with Crippen LogP contribution >= 0.6 is 8.69 Å². The molecule has 0 saturated carbocycles. The quantitative estimate of drug-likeness (QED) is 0.362. The summed E-state index contributed by atoms with van der Waals surface area (Å²) in [5, 5.41) is 27.5. The summed E-state index contributed by atoms with van der Waals surface area (Å²) in [7, 11) is -0.955. The van der Waals surface area contributed by atoms with Gasteiger partial charge in [-0.25, -0.2) is 23.7 Å². The van der Waals surface area contributed by atoms with Gasteiger partial charge in [0.2, 0.25) is 0 Å². The van der Waals surface area contributed by atoms with Crippen molar-refractivity contribution in [3.63, 3.8) is 0 Å². The van der Waals surface area contributed by atoms with Crippen molar-refractivity contribution in [2.45, 2.75) is 0 Å². The molecule has 2 rings (SSSR count). The molecule has 2 aromatic carbocycles. The average molecular weight is 392 g/mol. The van der Waals surface area contributed by atoms with Gasteiger partial charge in [0, 0.05) is 0 Å². The van der Waals surface area contributed by atoms with Gasteiger partial charge in [0.25, 0.3) is 0 Å². The predicted molar refractivity (Wildman–Crippen MR) is 87.0 cm³/mol. The average Bonchev–Trinajstić information content (AvgIpc) is 2.61. The number of carboxylic acid groups (broad SMARTS) is 3. The minimum absolute atomic E-state index is 0.491. The molecule has 0 atom stereocenters. The van der Waals surface area contributed by atoms with Gasteiger partial charge in [0.05, 0.1) is 0 Å². The predicted octanol–water partition coefficient (Wildman–Crippen LogP) is 2.59. The molecular formula is C16H9O10P. The van der Waals surface area contributed by atoms with E-state index >= 15 is 0 Å². The molecule has 0 heterocycles. The van der Waals surface area contributed by atoms with E-state index in [0.717, 1.165) is 30.3 Å². The van der Waals surface area contributed by atoms with Gasteiger partial charge in [0.1, 0.15) is 22.3 Å². The van der Waals surface area contributed by atoms with Crippen LogP contribution in [0.25, 0.3) is 0 Å². The number of hydrogen-bond acceptors (Lipinski definition) is 7. The standard InChI is InChI=1S/C16H9O10P/c17-13(18)7-3-1-4-8(14(19)20)11(7)25-16(23)10-6-2-5-9(15(21)22)12(10)26-27-24/h1-6H,(H,17,18)(H,19,20)(H,21,22). The van der Waals surface area contributed by atoms with Gasteiger partial charge in [-0.15, -0.1) is 0 Å². The van der Waals surface area contributed by atoms with Crippen LogP contribution < -0.4 is 9.26 Å². The summed E-state index contributed by atoms with van der Waals surface area (Å²) in [4.78, 5) is 46.3. The van der Waals surface area contributed by atoms with Crippen molar-refractivity contribution in [2.24, 2.45) is 0 Å². The number of carboxylic acids is 3. The molecule has 0 fully saturated rings. The van der Waals surface area contributed by atoms with E-state index in [4.69, 9.17) is 9.84 Å². The Labute approximate surface area is 151 Å². The molecule has 0 aliphatic heterocycles. The van der Waals surface area contributed by atoms with Gasteiger partial charge in [-0.2, -0.15) is 0 Å². The van der Waals surface area contributed by atoms with Crippen LogP contribution in [-0.4, -0.2) is 39.2 Å². The monoisotopic (exact) mass is 392 g/mol. The van der Waals surface area contributed by atoms with E-state index in [-0.39, 0.29) is 0 Å². The lowest BCUT2D eigenvalue weighted by Gasteiger charge is -2.12. The Balaban J connectivity index is 2.58. The Kier molecular flexibility index (Phi) is 5.84. The maximum atomic E-state index is 12.4. The Bertz CT molecular complexity index is 933. The smallest absolute Gasteiger partial charge is 0.395 e. The number of hydrogen-bond donors (Lipinski definition) is 3. The number of carbonyl (C=O) groups is 4. The third kappa shape index (κ3) is 4.07. The summed E-state index contributed by atoms with van der Waals surface area (Å²) in [6, 6.07) is 6.54. The summed E-state index contributed by atoms with van der Waals surface area (Å²) >= 11 is 0. The third-order valence-electron chi connectivity index (χ3n) is 3.26. The number of esters is 1. The van der Waals surface area contributed by atoms with E-state index in [1.54, 1.807) is 0 Å². The first-order chi connectivity index (χ1) is 12.8. The highest BCUT2D eigenvalue weighted by Gasteiger charge is 2.26. The first-order valence-corrected chi connectivity index (χ1v) is 7.68. The Hall–Kier alpha value is -3.78. The highest BCUT2D eigenvalue weighted by Crippen LogP contribution is 2.30. The SMILES string of the molecule is O=POc1c(C(=O)O)cccc1C(=O)Oc1c(C(=O)O)cccc1C(=O)O. The van der Waals surface area contributed by atoms with Crippen LogP contribution in [0.1, 0.15) is 41.4 Å². The fraction of sp³-hybridized carbons (Fsp3) is 0. The molecule has 27 heavy (non-hydrogen) atoms. The van der Waals surface area contributed by atoms with Gasteiger partial charge >= 0.3 is 32.6 Å². The summed E-state index contributed by atoms with van der Waals surface area (Å²) in [6.07, 6.45) is 0. The van der Waals surface area contributed by atoms with Crippen molar-refractivity contribution in [2.75, 3.05) is 0 Å². The maximum absolute atomic E-state index is 12.4. The molecule has 0 radical (unpaired) electrons. The van der Waals surface area contributed by atoms with Crippen LogP contribution in [-0.2, 0) is 4.57 Å². The van der Waals surface area contributed by atoms with E-state index in [0.29, 0.717) is 0 Å². The molecule has 0 saturated heterocycles. The van der Waals surface area contributed by atoms with E-state index in [9.17, 15) is 34.0 Å². The molecule has 0 unspecified atom stereocenters. The lowest BCUT2D eigenvalue weighted by molar-refractivity contribution is 0.0665. The molecule has 0 amide bonds.